The van der Waals surface area contributed by atoms with Crippen LogP contribution in [0.1, 0.15) is 20.3 Å². The van der Waals surface area contributed by atoms with E-state index in [0.717, 1.165) is 0 Å². The second-order valence-corrected chi connectivity index (χ2v) is 4.83. The van der Waals surface area contributed by atoms with Crippen LogP contribution >= 0.6 is 7.75 Å². The standard InChI is InChI=1S/C8H18NO6P/c1-4-7(14-3)5-15-16(12,13)9-6(2)8(10)11/h6-7H,4-5H2,1-3H3,(H,10,11)(H2,9,12,13). The molecule has 0 aromatic rings. The summed E-state index contributed by atoms with van der Waals surface area (Å²) in [5, 5.41) is 10.5. The summed E-state index contributed by atoms with van der Waals surface area (Å²) in [5.74, 6) is -1.23. The lowest BCUT2D eigenvalue weighted by Crippen LogP contribution is -2.32. The SMILES string of the molecule is CCC(COP(=O)(O)NC(C)C(=O)O)OC. The molecule has 16 heavy (non-hydrogen) atoms. The molecule has 8 heteroatoms. The fourth-order valence-corrected chi connectivity index (χ4v) is 1.92. The van der Waals surface area contributed by atoms with Crippen LogP contribution in [0.5, 0.6) is 0 Å². The summed E-state index contributed by atoms with van der Waals surface area (Å²) in [4.78, 5) is 19.7. The second kappa shape index (κ2) is 6.98. The number of aliphatic carboxylic acids is 1. The number of carboxylic acid groups (broad SMARTS) is 1. The summed E-state index contributed by atoms with van der Waals surface area (Å²) in [7, 11) is -2.63. The lowest BCUT2D eigenvalue weighted by Gasteiger charge is -2.19. The topological polar surface area (TPSA) is 105 Å². The fourth-order valence-electron chi connectivity index (χ4n) is 0.874. The van der Waals surface area contributed by atoms with Crippen molar-refractivity contribution in [3.05, 3.63) is 0 Å². The van der Waals surface area contributed by atoms with Gasteiger partial charge in [0.2, 0.25) is 0 Å². The summed E-state index contributed by atoms with van der Waals surface area (Å²) >= 11 is 0. The van der Waals surface area contributed by atoms with E-state index in [1.54, 1.807) is 0 Å². The van der Waals surface area contributed by atoms with Crippen LogP contribution in [0.15, 0.2) is 0 Å². The van der Waals surface area contributed by atoms with Gasteiger partial charge in [0.05, 0.1) is 12.7 Å². The zero-order valence-electron chi connectivity index (χ0n) is 9.54. The largest absolute Gasteiger partial charge is 0.480 e. The number of methoxy groups -OCH3 is 1. The zero-order valence-corrected chi connectivity index (χ0v) is 10.4. The molecule has 0 amide bonds. The van der Waals surface area contributed by atoms with Crippen molar-refractivity contribution in [1.82, 2.24) is 5.09 Å². The molecule has 96 valence electrons. The number of nitrogens with one attached hydrogen (secondary N) is 1. The Morgan fingerprint density at radius 1 is 1.56 bits per heavy atom. The lowest BCUT2D eigenvalue weighted by molar-refractivity contribution is -0.138. The summed E-state index contributed by atoms with van der Waals surface area (Å²) < 4.78 is 21.0. The Morgan fingerprint density at radius 3 is 2.50 bits per heavy atom. The van der Waals surface area contributed by atoms with Gasteiger partial charge in [0.25, 0.3) is 0 Å². The first-order valence-electron chi connectivity index (χ1n) is 4.83. The number of carbonyl (C=O) groups is 1. The Kier molecular flexibility index (Phi) is 6.78. The maximum atomic E-state index is 11.4. The van der Waals surface area contributed by atoms with Gasteiger partial charge in [0, 0.05) is 7.11 Å². The van der Waals surface area contributed by atoms with Crippen molar-refractivity contribution in [2.75, 3.05) is 13.7 Å². The van der Waals surface area contributed by atoms with E-state index >= 15 is 0 Å². The van der Waals surface area contributed by atoms with E-state index in [1.165, 1.54) is 14.0 Å². The normalized spacial score (nSPS) is 18.8. The number of hydrogen-bond donors (Lipinski definition) is 3. The molecule has 0 aliphatic carbocycles. The van der Waals surface area contributed by atoms with Gasteiger partial charge >= 0.3 is 13.7 Å². The van der Waals surface area contributed by atoms with E-state index in [4.69, 9.17) is 14.4 Å². The van der Waals surface area contributed by atoms with Crippen molar-refractivity contribution in [2.45, 2.75) is 32.4 Å². The van der Waals surface area contributed by atoms with Gasteiger partial charge in [-0.25, -0.2) is 9.65 Å². The van der Waals surface area contributed by atoms with Gasteiger partial charge in [0.1, 0.15) is 6.04 Å². The molecular weight excluding hydrogens is 237 g/mol. The van der Waals surface area contributed by atoms with E-state index in [1.807, 2.05) is 12.0 Å². The van der Waals surface area contributed by atoms with Gasteiger partial charge < -0.3 is 14.7 Å². The highest BCUT2D eigenvalue weighted by molar-refractivity contribution is 7.50. The van der Waals surface area contributed by atoms with Crippen LogP contribution in [0.3, 0.4) is 0 Å². The molecule has 3 atom stereocenters. The highest BCUT2D eigenvalue weighted by Gasteiger charge is 2.26. The molecule has 0 saturated carbocycles. The van der Waals surface area contributed by atoms with E-state index in [0.29, 0.717) is 6.42 Å². The van der Waals surface area contributed by atoms with Gasteiger partial charge in [-0.15, -0.1) is 0 Å². The zero-order chi connectivity index (χ0) is 12.8. The van der Waals surface area contributed by atoms with Gasteiger partial charge in [0.15, 0.2) is 0 Å². The first-order chi connectivity index (χ1) is 7.32. The molecule has 0 aromatic carbocycles. The summed E-state index contributed by atoms with van der Waals surface area (Å²) in [5.41, 5.74) is 0. The Bertz CT molecular complexity index is 267. The molecule has 0 radical (unpaired) electrons. The first-order valence-corrected chi connectivity index (χ1v) is 6.40. The molecule has 7 nitrogen and oxygen atoms in total. The molecule has 0 spiro atoms. The minimum Gasteiger partial charge on any atom is -0.480 e. The van der Waals surface area contributed by atoms with Crippen LogP contribution < -0.4 is 5.09 Å². The molecule has 0 bridgehead atoms. The molecule has 0 saturated heterocycles. The monoisotopic (exact) mass is 255 g/mol. The van der Waals surface area contributed by atoms with Crippen molar-refractivity contribution in [3.8, 4) is 0 Å². The third-order valence-electron chi connectivity index (χ3n) is 1.95. The Balaban J connectivity index is 4.14. The van der Waals surface area contributed by atoms with E-state index < -0.39 is 19.8 Å². The van der Waals surface area contributed by atoms with Crippen molar-refractivity contribution in [1.29, 1.82) is 0 Å². The van der Waals surface area contributed by atoms with Gasteiger partial charge in [-0.1, -0.05) is 6.92 Å². The van der Waals surface area contributed by atoms with Gasteiger partial charge in [-0.3, -0.25) is 9.32 Å². The van der Waals surface area contributed by atoms with Crippen LogP contribution in [0.25, 0.3) is 0 Å². The van der Waals surface area contributed by atoms with Gasteiger partial charge in [-0.05, 0) is 13.3 Å². The number of rotatable bonds is 8. The van der Waals surface area contributed by atoms with Crippen LogP contribution in [0, 0.1) is 0 Å². The number of ether oxygens (including phenoxy) is 1. The van der Waals surface area contributed by atoms with Crippen LogP contribution in [-0.2, 0) is 18.6 Å². The molecule has 0 fully saturated rings. The molecule has 0 heterocycles. The summed E-state index contributed by atoms with van der Waals surface area (Å²) in [6, 6.07) is -1.15. The third kappa shape index (κ3) is 6.19. The minimum atomic E-state index is -4.09. The van der Waals surface area contributed by atoms with E-state index in [-0.39, 0.29) is 12.7 Å². The van der Waals surface area contributed by atoms with Crippen LogP contribution in [0.2, 0.25) is 0 Å². The Hall–Kier alpha value is -0.460. The fraction of sp³-hybridized carbons (Fsp3) is 0.875. The average molecular weight is 255 g/mol. The molecule has 0 aliphatic rings. The number of carboxylic acids is 1. The average Bonchev–Trinajstić information content (AvgIpc) is 2.18. The molecule has 0 rings (SSSR count). The van der Waals surface area contributed by atoms with Crippen molar-refractivity contribution in [3.63, 3.8) is 0 Å². The van der Waals surface area contributed by atoms with Crippen molar-refractivity contribution >= 4 is 13.7 Å². The van der Waals surface area contributed by atoms with Crippen LogP contribution in [0.4, 0.5) is 0 Å². The highest BCUT2D eigenvalue weighted by atomic mass is 31.2. The van der Waals surface area contributed by atoms with E-state index in [2.05, 4.69) is 0 Å². The van der Waals surface area contributed by atoms with Gasteiger partial charge in [-0.2, -0.15) is 0 Å². The molecule has 3 N–H and O–H groups in total. The molecule has 0 aromatic heterocycles. The van der Waals surface area contributed by atoms with E-state index in [9.17, 15) is 14.3 Å². The van der Waals surface area contributed by atoms with Crippen molar-refractivity contribution < 1.29 is 28.6 Å². The molecular formula is C8H18NO6P. The smallest absolute Gasteiger partial charge is 0.403 e. The third-order valence-corrected chi connectivity index (χ3v) is 3.16. The Morgan fingerprint density at radius 2 is 2.12 bits per heavy atom. The maximum absolute atomic E-state index is 11.4. The van der Waals surface area contributed by atoms with Crippen LogP contribution in [-0.4, -0.2) is 41.8 Å². The minimum absolute atomic E-state index is 0.0693. The quantitative estimate of drug-likeness (QED) is 0.545. The lowest BCUT2D eigenvalue weighted by atomic mass is 10.3. The number of hydrogen-bond acceptors (Lipinski definition) is 4. The maximum Gasteiger partial charge on any atom is 0.403 e. The predicted octanol–water partition coefficient (Wildman–Crippen LogP) is 0.591. The second-order valence-electron chi connectivity index (χ2n) is 3.27. The van der Waals surface area contributed by atoms with Crippen molar-refractivity contribution in [2.24, 2.45) is 0 Å². The molecule has 3 unspecified atom stereocenters. The highest BCUT2D eigenvalue weighted by Crippen LogP contribution is 2.37. The predicted molar refractivity (Wildman–Crippen MR) is 57.1 cm³/mol. The Labute approximate surface area is 94.3 Å². The first kappa shape index (κ1) is 15.5. The summed E-state index contributed by atoms with van der Waals surface area (Å²) in [6.45, 7) is 3.02. The summed E-state index contributed by atoms with van der Waals surface area (Å²) in [6.07, 6.45) is 0.341. The molecule has 0 aliphatic heterocycles.